The third kappa shape index (κ3) is 3.45. The molecule has 0 aliphatic heterocycles. The largest absolute Gasteiger partial charge is 0.340 e. The minimum absolute atomic E-state index is 0.154. The molecule has 2 aromatic rings. The Bertz CT molecular complexity index is 653. The highest BCUT2D eigenvalue weighted by Gasteiger charge is 2.15. The Hall–Kier alpha value is -0.780. The number of hydrogen-bond acceptors (Lipinski definition) is 1. The maximum Gasteiger partial charge on any atom is 0.272 e. The minimum atomic E-state index is -0.154. The van der Waals surface area contributed by atoms with E-state index in [1.54, 1.807) is 24.3 Å². The highest BCUT2D eigenvalue weighted by atomic mass is 79.9. The molecule has 6 heteroatoms. The van der Waals surface area contributed by atoms with Gasteiger partial charge in [-0.3, -0.25) is 4.79 Å². The second kappa shape index (κ2) is 6.33. The van der Waals surface area contributed by atoms with E-state index in [1.807, 2.05) is 24.6 Å². The smallest absolute Gasteiger partial charge is 0.272 e. The lowest BCUT2D eigenvalue weighted by Gasteiger charge is -2.13. The average molecular weight is 421 g/mol. The van der Waals surface area contributed by atoms with Gasteiger partial charge in [-0.2, -0.15) is 0 Å². The van der Waals surface area contributed by atoms with Crippen LogP contribution in [0.3, 0.4) is 0 Å². The molecular weight excluding hydrogens is 407 g/mol. The molecule has 0 aliphatic carbocycles. The lowest BCUT2D eigenvalue weighted by molar-refractivity contribution is 0.101. The first-order valence-corrected chi connectivity index (χ1v) is 7.98. The Morgan fingerprint density at radius 2 is 2.00 bits per heavy atom. The van der Waals surface area contributed by atoms with E-state index in [1.165, 1.54) is 0 Å². The van der Waals surface area contributed by atoms with Gasteiger partial charge >= 0.3 is 0 Å². The molecule has 0 radical (unpaired) electrons. The lowest BCUT2D eigenvalue weighted by atomic mass is 10.3. The number of benzene rings is 1. The van der Waals surface area contributed by atoms with Crippen molar-refractivity contribution >= 4 is 55.1 Å². The Balaban J connectivity index is 2.26. The van der Waals surface area contributed by atoms with Crippen LogP contribution in [-0.2, 0) is 0 Å². The maximum atomic E-state index is 12.3. The summed E-state index contributed by atoms with van der Waals surface area (Å²) in [6, 6.07) is 7.29. The van der Waals surface area contributed by atoms with Crippen LogP contribution in [-0.4, -0.2) is 10.5 Å². The molecule has 3 nitrogen and oxygen atoms in total. The fraction of sp³-hybridized carbons (Fsp3) is 0.214. The lowest BCUT2D eigenvalue weighted by Crippen LogP contribution is -2.17. The van der Waals surface area contributed by atoms with Crippen molar-refractivity contribution in [2.75, 3.05) is 5.32 Å². The van der Waals surface area contributed by atoms with Gasteiger partial charge in [0.05, 0.1) is 5.02 Å². The highest BCUT2D eigenvalue weighted by molar-refractivity contribution is 9.10. The van der Waals surface area contributed by atoms with Crippen LogP contribution in [0.1, 0.15) is 30.4 Å². The maximum absolute atomic E-state index is 12.3. The van der Waals surface area contributed by atoms with Crippen LogP contribution < -0.4 is 5.32 Å². The standard InChI is InChI=1S/C14H13Br2ClN2O/c1-8(2)19-7-9(15)5-13(19)14(20)18-10-3-4-12(17)11(16)6-10/h3-8H,1-2H3,(H,18,20). The van der Waals surface area contributed by atoms with Crippen molar-refractivity contribution in [2.45, 2.75) is 19.9 Å². The van der Waals surface area contributed by atoms with Gasteiger partial charge < -0.3 is 9.88 Å². The third-order valence-electron chi connectivity index (χ3n) is 2.78. The van der Waals surface area contributed by atoms with Crippen molar-refractivity contribution in [1.82, 2.24) is 4.57 Å². The number of nitrogens with zero attached hydrogens (tertiary/aromatic N) is 1. The fourth-order valence-corrected chi connectivity index (χ4v) is 2.76. The molecule has 1 aromatic carbocycles. The second-order valence-electron chi connectivity index (χ2n) is 4.63. The van der Waals surface area contributed by atoms with Crippen LogP contribution in [0, 0.1) is 0 Å². The molecule has 106 valence electrons. The molecule has 1 aromatic heterocycles. The van der Waals surface area contributed by atoms with Gasteiger partial charge in [0, 0.05) is 26.9 Å². The zero-order valence-corrected chi connectivity index (χ0v) is 14.9. The molecule has 20 heavy (non-hydrogen) atoms. The normalized spacial score (nSPS) is 10.9. The van der Waals surface area contributed by atoms with Gasteiger partial charge in [-0.1, -0.05) is 11.6 Å². The topological polar surface area (TPSA) is 34.0 Å². The van der Waals surface area contributed by atoms with Crippen molar-refractivity contribution in [2.24, 2.45) is 0 Å². The number of anilines is 1. The van der Waals surface area contributed by atoms with E-state index in [9.17, 15) is 4.79 Å². The van der Waals surface area contributed by atoms with Crippen molar-refractivity contribution in [3.63, 3.8) is 0 Å². The number of hydrogen-bond donors (Lipinski definition) is 1. The number of carbonyl (C=O) groups excluding carboxylic acids is 1. The zero-order valence-electron chi connectivity index (χ0n) is 11.0. The number of rotatable bonds is 3. The van der Waals surface area contributed by atoms with E-state index in [4.69, 9.17) is 11.6 Å². The first kappa shape index (κ1) is 15.6. The number of carbonyl (C=O) groups is 1. The Morgan fingerprint density at radius 3 is 2.60 bits per heavy atom. The van der Waals surface area contributed by atoms with Crippen molar-refractivity contribution in [1.29, 1.82) is 0 Å². The van der Waals surface area contributed by atoms with Crippen LogP contribution in [0.25, 0.3) is 0 Å². The summed E-state index contributed by atoms with van der Waals surface area (Å²) in [4.78, 5) is 12.3. The molecule has 0 unspecified atom stereocenters. The first-order chi connectivity index (χ1) is 9.38. The van der Waals surface area contributed by atoms with E-state index >= 15 is 0 Å². The van der Waals surface area contributed by atoms with Gasteiger partial charge in [-0.25, -0.2) is 0 Å². The SMILES string of the molecule is CC(C)n1cc(Br)cc1C(=O)Nc1ccc(Cl)c(Br)c1. The molecular formula is C14H13Br2ClN2O. The molecule has 0 atom stereocenters. The molecule has 0 fully saturated rings. The number of nitrogens with one attached hydrogen (secondary N) is 1. The van der Waals surface area contributed by atoms with Crippen molar-refractivity contribution < 1.29 is 4.79 Å². The zero-order chi connectivity index (χ0) is 14.9. The molecule has 2 rings (SSSR count). The van der Waals surface area contributed by atoms with Gasteiger partial charge in [0.15, 0.2) is 0 Å². The van der Waals surface area contributed by atoms with Gasteiger partial charge in [-0.15, -0.1) is 0 Å². The van der Waals surface area contributed by atoms with Crippen LogP contribution in [0.15, 0.2) is 39.4 Å². The minimum Gasteiger partial charge on any atom is -0.340 e. The molecule has 1 amide bonds. The Kier molecular flexibility index (Phi) is 4.94. The predicted molar refractivity (Wildman–Crippen MR) is 89.6 cm³/mol. The quantitative estimate of drug-likeness (QED) is 0.699. The number of halogens is 3. The summed E-state index contributed by atoms with van der Waals surface area (Å²) in [6.07, 6.45) is 1.90. The van der Waals surface area contributed by atoms with Crippen molar-refractivity contribution in [3.8, 4) is 0 Å². The molecule has 1 heterocycles. The van der Waals surface area contributed by atoms with E-state index in [-0.39, 0.29) is 11.9 Å². The van der Waals surface area contributed by atoms with Crippen molar-refractivity contribution in [3.05, 3.63) is 50.1 Å². The average Bonchev–Trinajstić information content (AvgIpc) is 2.76. The van der Waals surface area contributed by atoms with E-state index in [0.29, 0.717) is 16.4 Å². The third-order valence-corrected chi connectivity index (χ3v) is 4.43. The van der Waals surface area contributed by atoms with E-state index in [0.717, 1.165) is 8.95 Å². The monoisotopic (exact) mass is 418 g/mol. The second-order valence-corrected chi connectivity index (χ2v) is 6.80. The molecule has 0 saturated carbocycles. The van der Waals surface area contributed by atoms with E-state index < -0.39 is 0 Å². The van der Waals surface area contributed by atoms with Crippen LogP contribution in [0.5, 0.6) is 0 Å². The summed E-state index contributed by atoms with van der Waals surface area (Å²) in [6.45, 7) is 4.06. The van der Waals surface area contributed by atoms with Crippen LogP contribution in [0.2, 0.25) is 5.02 Å². The summed E-state index contributed by atoms with van der Waals surface area (Å²) in [5.74, 6) is -0.154. The van der Waals surface area contributed by atoms with Crippen LogP contribution >= 0.6 is 43.5 Å². The van der Waals surface area contributed by atoms with Crippen LogP contribution in [0.4, 0.5) is 5.69 Å². The summed E-state index contributed by atoms with van der Waals surface area (Å²) >= 11 is 12.7. The Morgan fingerprint density at radius 1 is 1.30 bits per heavy atom. The highest BCUT2D eigenvalue weighted by Crippen LogP contribution is 2.26. The molecule has 0 aliphatic rings. The number of amides is 1. The number of aromatic nitrogens is 1. The fourth-order valence-electron chi connectivity index (χ4n) is 1.82. The molecule has 0 saturated heterocycles. The van der Waals surface area contributed by atoms with Gasteiger partial charge in [0.1, 0.15) is 5.69 Å². The van der Waals surface area contributed by atoms with Gasteiger partial charge in [0.2, 0.25) is 0 Å². The summed E-state index contributed by atoms with van der Waals surface area (Å²) in [5.41, 5.74) is 1.30. The summed E-state index contributed by atoms with van der Waals surface area (Å²) < 4.78 is 3.55. The molecule has 0 spiro atoms. The van der Waals surface area contributed by atoms with Gasteiger partial charge in [0.25, 0.3) is 5.91 Å². The van der Waals surface area contributed by atoms with E-state index in [2.05, 4.69) is 37.2 Å². The predicted octanol–water partition coefficient (Wildman–Crippen LogP) is 5.50. The Labute approximate surface area is 139 Å². The molecule has 1 N–H and O–H groups in total. The first-order valence-electron chi connectivity index (χ1n) is 6.02. The molecule has 0 bridgehead atoms. The summed E-state index contributed by atoms with van der Waals surface area (Å²) in [5, 5.41) is 3.47. The van der Waals surface area contributed by atoms with Gasteiger partial charge in [-0.05, 0) is 70.0 Å². The summed E-state index contributed by atoms with van der Waals surface area (Å²) in [7, 11) is 0.